The highest BCUT2D eigenvalue weighted by Crippen LogP contribution is 2.50. The Hall–Kier alpha value is -3.17. The molecule has 2 aliphatic carbocycles. The zero-order valence-electron chi connectivity index (χ0n) is 30.3. The minimum Gasteiger partial charge on any atom is -0.490 e. The molecule has 0 aliphatic heterocycles. The van der Waals surface area contributed by atoms with Crippen molar-refractivity contribution >= 4 is 17.5 Å². The number of amides is 1. The first-order valence-corrected chi connectivity index (χ1v) is 19.0. The molecule has 12 nitrogen and oxygen atoms in total. The van der Waals surface area contributed by atoms with Crippen LogP contribution in [0.1, 0.15) is 74.5 Å². The summed E-state index contributed by atoms with van der Waals surface area (Å²) < 4.78 is 11.6. The molecule has 2 fully saturated rings. The van der Waals surface area contributed by atoms with E-state index in [4.69, 9.17) is 31.3 Å². The molecule has 0 bridgehead atoms. The number of rotatable bonds is 23. The summed E-state index contributed by atoms with van der Waals surface area (Å²) in [7, 11) is 0. The van der Waals surface area contributed by atoms with E-state index in [2.05, 4.69) is 35.4 Å². The van der Waals surface area contributed by atoms with E-state index in [1.54, 1.807) is 0 Å². The fourth-order valence-electron chi connectivity index (χ4n) is 6.58. The first-order chi connectivity index (χ1) is 25.6. The van der Waals surface area contributed by atoms with Crippen LogP contribution in [-0.4, -0.2) is 116 Å². The summed E-state index contributed by atoms with van der Waals surface area (Å²) in [5, 5.41) is 63.1. The summed E-state index contributed by atoms with van der Waals surface area (Å²) in [5.41, 5.74) is 5.19. The molecule has 0 spiro atoms. The van der Waals surface area contributed by atoms with Crippen molar-refractivity contribution in [1.29, 1.82) is 0 Å². The molecule has 1 unspecified atom stereocenters. The monoisotopic (exact) mass is 755 g/mol. The van der Waals surface area contributed by atoms with Crippen molar-refractivity contribution in [3.63, 3.8) is 0 Å². The number of carbonyl (C=O) groups excluding carboxylic acids is 1. The van der Waals surface area contributed by atoms with Crippen molar-refractivity contribution < 1.29 is 44.9 Å². The quantitative estimate of drug-likeness (QED) is 0.0705. The van der Waals surface area contributed by atoms with Gasteiger partial charge < -0.3 is 50.3 Å². The van der Waals surface area contributed by atoms with Gasteiger partial charge in [-0.15, -0.1) is 0 Å². The number of pyridine rings is 1. The van der Waals surface area contributed by atoms with Crippen LogP contribution in [0.3, 0.4) is 0 Å². The van der Waals surface area contributed by atoms with Gasteiger partial charge in [0.05, 0.1) is 32.5 Å². The number of ether oxygens (including phenoxy) is 2. The number of aliphatic hydroxyl groups excluding tert-OH is 6. The third kappa shape index (κ3) is 11.2. The summed E-state index contributed by atoms with van der Waals surface area (Å²) in [5.74, 6) is 0.738. The van der Waals surface area contributed by atoms with Gasteiger partial charge in [0.2, 0.25) is 5.91 Å². The van der Waals surface area contributed by atoms with Crippen LogP contribution in [0.15, 0.2) is 60.9 Å². The molecule has 3 aromatic rings. The molecule has 1 heterocycles. The molecule has 53 heavy (non-hydrogen) atoms. The van der Waals surface area contributed by atoms with Crippen LogP contribution < -0.4 is 10.1 Å². The standard InChI is InChI=1S/C40H54ClN3O9/c1-26(5-4-8-37(49)44(17-19-52-20-18-45)24-34(47)38(50)39(51)35(48)25-46)27-9-12-33(41)28(21-27)22-43-40(14-15-40)32-23-42-16-13-30(32)31-6-2-3-7-36(31)53-29-10-11-29/h2-3,6-7,9,12-13,16,21,23,26,29,34-35,38-39,43,45-48,50-51H,4-5,8,10-11,14-15,17-20,22,24-25H2,1H3/t26?,34-,35+,38+,39+/m0/s1. The van der Waals surface area contributed by atoms with Crippen molar-refractivity contribution in [2.45, 2.75) is 100 Å². The van der Waals surface area contributed by atoms with Crippen LogP contribution in [0, 0.1) is 0 Å². The van der Waals surface area contributed by atoms with Crippen LogP contribution >= 0.6 is 11.6 Å². The van der Waals surface area contributed by atoms with Crippen molar-refractivity contribution in [3.8, 4) is 16.9 Å². The third-order valence-electron chi connectivity index (χ3n) is 10.2. The van der Waals surface area contributed by atoms with E-state index < -0.39 is 31.0 Å². The van der Waals surface area contributed by atoms with Gasteiger partial charge in [-0.3, -0.25) is 9.78 Å². The number of aromatic nitrogens is 1. The molecule has 0 radical (unpaired) electrons. The van der Waals surface area contributed by atoms with Gasteiger partial charge in [0.15, 0.2) is 0 Å². The lowest BCUT2D eigenvalue weighted by atomic mass is 9.93. The number of nitrogens with zero attached hydrogens (tertiary/aromatic N) is 2. The Morgan fingerprint density at radius 2 is 1.77 bits per heavy atom. The molecule has 2 aliphatic rings. The van der Waals surface area contributed by atoms with Gasteiger partial charge in [-0.1, -0.05) is 48.9 Å². The van der Waals surface area contributed by atoms with E-state index in [9.17, 15) is 25.2 Å². The predicted molar refractivity (Wildman–Crippen MR) is 200 cm³/mol. The lowest BCUT2D eigenvalue weighted by molar-refractivity contribution is -0.140. The SMILES string of the molecule is CC(CCCC(=O)N(CCOCCO)C[C@H](O)[C@@H](O)[C@H](O)[C@H](O)CO)c1ccc(Cl)c(CNC2(c3cnccc3-c3ccccc3OC3CC3)CC2)c1. The molecular weight excluding hydrogens is 702 g/mol. The van der Waals surface area contributed by atoms with Gasteiger partial charge in [0, 0.05) is 54.6 Å². The second kappa shape index (κ2) is 19.4. The minimum absolute atomic E-state index is 0.0838. The molecule has 7 N–H and O–H groups in total. The molecule has 2 aromatic carbocycles. The number of aliphatic hydroxyl groups is 6. The van der Waals surface area contributed by atoms with E-state index in [0.717, 1.165) is 59.3 Å². The maximum atomic E-state index is 13.3. The second-order valence-corrected chi connectivity index (χ2v) is 14.7. The zero-order valence-corrected chi connectivity index (χ0v) is 31.1. The highest BCUT2D eigenvalue weighted by atomic mass is 35.5. The molecule has 290 valence electrons. The van der Waals surface area contributed by atoms with Crippen LogP contribution in [0.25, 0.3) is 11.1 Å². The predicted octanol–water partition coefficient (Wildman–Crippen LogP) is 3.27. The Bertz CT molecular complexity index is 1620. The highest BCUT2D eigenvalue weighted by Gasteiger charge is 2.46. The number of carbonyl (C=O) groups is 1. The third-order valence-corrected chi connectivity index (χ3v) is 10.6. The minimum atomic E-state index is -1.80. The molecule has 1 amide bonds. The number of para-hydroxylation sites is 1. The van der Waals surface area contributed by atoms with Crippen LogP contribution in [0.2, 0.25) is 5.02 Å². The molecular formula is C40H54ClN3O9. The van der Waals surface area contributed by atoms with E-state index in [1.165, 1.54) is 4.90 Å². The second-order valence-electron chi connectivity index (χ2n) is 14.3. The average Bonchev–Trinajstić information content (AvgIpc) is 4.12. The lowest BCUT2D eigenvalue weighted by Crippen LogP contribution is -2.51. The van der Waals surface area contributed by atoms with Gasteiger partial charge in [-0.2, -0.15) is 0 Å². The maximum absolute atomic E-state index is 13.3. The Morgan fingerprint density at radius 1 is 1.02 bits per heavy atom. The Kier molecular flexibility index (Phi) is 15.0. The molecule has 0 saturated heterocycles. The first-order valence-electron chi connectivity index (χ1n) is 18.6. The molecule has 5 rings (SSSR count). The average molecular weight is 756 g/mol. The van der Waals surface area contributed by atoms with Gasteiger partial charge >= 0.3 is 0 Å². The van der Waals surface area contributed by atoms with Crippen LogP contribution in [-0.2, 0) is 21.6 Å². The zero-order chi connectivity index (χ0) is 38.0. The number of hydrogen-bond donors (Lipinski definition) is 7. The summed E-state index contributed by atoms with van der Waals surface area (Å²) in [6, 6.07) is 16.3. The fourth-order valence-corrected chi connectivity index (χ4v) is 6.76. The lowest BCUT2D eigenvalue weighted by Gasteiger charge is -2.30. The Morgan fingerprint density at radius 3 is 2.49 bits per heavy atom. The molecule has 13 heteroatoms. The van der Waals surface area contributed by atoms with Gasteiger partial charge in [-0.05, 0) is 84.9 Å². The van der Waals surface area contributed by atoms with E-state index in [-0.39, 0.29) is 56.7 Å². The fraction of sp³-hybridized carbons (Fsp3) is 0.550. The summed E-state index contributed by atoms with van der Waals surface area (Å²) in [6.07, 6.45) is 2.82. The summed E-state index contributed by atoms with van der Waals surface area (Å²) in [4.78, 5) is 19.1. The van der Waals surface area contributed by atoms with Gasteiger partial charge in [0.25, 0.3) is 0 Å². The molecule has 1 aromatic heterocycles. The molecule has 5 atom stereocenters. The number of hydrogen-bond acceptors (Lipinski definition) is 11. The first kappa shape index (κ1) is 41.0. The van der Waals surface area contributed by atoms with Gasteiger partial charge in [-0.25, -0.2) is 0 Å². The Labute approximate surface area is 316 Å². The Balaban J connectivity index is 1.18. The van der Waals surface area contributed by atoms with E-state index in [0.29, 0.717) is 30.5 Å². The van der Waals surface area contributed by atoms with Crippen molar-refractivity contribution in [2.75, 3.05) is 39.5 Å². The largest absolute Gasteiger partial charge is 0.490 e. The number of halogens is 1. The normalized spacial score (nSPS) is 17.8. The van der Waals surface area contributed by atoms with E-state index >= 15 is 0 Å². The number of benzene rings is 2. The smallest absolute Gasteiger partial charge is 0.222 e. The van der Waals surface area contributed by atoms with Crippen molar-refractivity contribution in [1.82, 2.24) is 15.2 Å². The maximum Gasteiger partial charge on any atom is 0.222 e. The highest BCUT2D eigenvalue weighted by molar-refractivity contribution is 6.31. The van der Waals surface area contributed by atoms with Crippen molar-refractivity contribution in [2.24, 2.45) is 0 Å². The topological polar surface area (TPSA) is 185 Å². The summed E-state index contributed by atoms with van der Waals surface area (Å²) in [6.45, 7) is 1.64. The van der Waals surface area contributed by atoms with Gasteiger partial charge in [0.1, 0.15) is 30.2 Å². The van der Waals surface area contributed by atoms with E-state index in [1.807, 2.05) is 42.7 Å². The molecule has 2 saturated carbocycles. The number of nitrogens with one attached hydrogen (secondary N) is 1. The van der Waals surface area contributed by atoms with Crippen LogP contribution in [0.4, 0.5) is 0 Å². The van der Waals surface area contributed by atoms with Crippen molar-refractivity contribution in [3.05, 3.63) is 82.6 Å². The summed E-state index contributed by atoms with van der Waals surface area (Å²) >= 11 is 6.73. The van der Waals surface area contributed by atoms with Crippen LogP contribution in [0.5, 0.6) is 5.75 Å².